The van der Waals surface area contributed by atoms with Crippen LogP contribution in [0.4, 0.5) is 0 Å². The number of nitrogens with two attached hydrogens (primary N) is 1. The largest absolute Gasteiger partial charge is 0.507 e. The Kier molecular flexibility index (Phi) is 6.03. The summed E-state index contributed by atoms with van der Waals surface area (Å²) in [5.41, 5.74) is 10.9. The van der Waals surface area contributed by atoms with E-state index in [1.165, 1.54) is 11.8 Å². The number of amides is 1. The van der Waals surface area contributed by atoms with Crippen LogP contribution in [0, 0.1) is 25.2 Å². The number of piperazine rings is 1. The van der Waals surface area contributed by atoms with Gasteiger partial charge in [0.05, 0.1) is 36.6 Å². The summed E-state index contributed by atoms with van der Waals surface area (Å²) in [5, 5.41) is 36.8. The lowest BCUT2D eigenvalue weighted by Gasteiger charge is -2.62. The average Bonchev–Trinajstić information content (AvgIpc) is 3.44. The first kappa shape index (κ1) is 26.5. The summed E-state index contributed by atoms with van der Waals surface area (Å²) >= 11 is 1.49. The van der Waals surface area contributed by atoms with Crippen LogP contribution in [-0.2, 0) is 11.2 Å². The number of rotatable bonds is 1. The van der Waals surface area contributed by atoms with Gasteiger partial charge in [-0.25, -0.2) is 0 Å². The Morgan fingerprint density at radius 3 is 2.68 bits per heavy atom. The number of nitrogens with zero attached hydrogens (tertiary/aromatic N) is 3. The van der Waals surface area contributed by atoms with E-state index in [1.54, 1.807) is 7.11 Å². The van der Waals surface area contributed by atoms with Crippen LogP contribution in [0.1, 0.15) is 50.7 Å². The predicted octanol–water partition coefficient (Wildman–Crippen LogP) is 1.91. The molecule has 0 aromatic heterocycles. The van der Waals surface area contributed by atoms with Gasteiger partial charge in [-0.3, -0.25) is 14.6 Å². The minimum atomic E-state index is -0.746. The van der Waals surface area contributed by atoms with E-state index in [2.05, 4.69) is 27.3 Å². The van der Waals surface area contributed by atoms with E-state index in [9.17, 15) is 20.3 Å². The molecule has 216 valence electrons. The first-order chi connectivity index (χ1) is 19.7. The van der Waals surface area contributed by atoms with Crippen molar-refractivity contribution >= 4 is 17.7 Å². The number of fused-ring (bicyclic) bond motifs is 9. The maximum atomic E-state index is 13.0. The van der Waals surface area contributed by atoms with Crippen molar-refractivity contribution in [2.45, 2.75) is 61.8 Å². The molecule has 0 radical (unpaired) electrons. The zero-order chi connectivity index (χ0) is 28.9. The molecule has 41 heavy (non-hydrogen) atoms. The van der Waals surface area contributed by atoms with Gasteiger partial charge in [0.1, 0.15) is 11.8 Å². The number of aryl methyl sites for hydroxylation is 1. The Morgan fingerprint density at radius 1 is 1.20 bits per heavy atom. The molecule has 1 amide bonds. The molecule has 2 aromatic rings. The first-order valence-corrected chi connectivity index (χ1v) is 14.8. The number of nitrogens with one attached hydrogen (secondary N) is 1. The number of likely N-dealkylation sites (N-methyl/N-ethyl adjacent to an activating group) is 1. The molecule has 3 unspecified atom stereocenters. The van der Waals surface area contributed by atoms with Crippen LogP contribution in [0.3, 0.4) is 0 Å². The van der Waals surface area contributed by atoms with Crippen molar-refractivity contribution in [2.24, 2.45) is 5.73 Å². The number of phenols is 2. The highest BCUT2D eigenvalue weighted by Crippen LogP contribution is 2.63. The fraction of sp³-hybridized carbons (Fsp3) is 0.517. The Balaban J connectivity index is 1.54. The van der Waals surface area contributed by atoms with Gasteiger partial charge in [-0.05, 0) is 38.4 Å². The van der Waals surface area contributed by atoms with Gasteiger partial charge in [-0.1, -0.05) is 6.07 Å². The summed E-state index contributed by atoms with van der Waals surface area (Å²) in [7, 11) is 3.55. The number of hydrogen-bond donors (Lipinski definition) is 4. The van der Waals surface area contributed by atoms with Crippen LogP contribution in [-0.4, -0.2) is 83.3 Å². The average molecular weight is 580 g/mol. The number of nitriles is 1. The molecule has 0 saturated carbocycles. The van der Waals surface area contributed by atoms with E-state index in [0.29, 0.717) is 40.5 Å². The van der Waals surface area contributed by atoms with Crippen molar-refractivity contribution in [3.8, 4) is 34.8 Å². The predicted molar refractivity (Wildman–Crippen MR) is 150 cm³/mol. The highest BCUT2D eigenvalue weighted by Gasteiger charge is 2.60. The molecule has 0 aliphatic carbocycles. The van der Waals surface area contributed by atoms with E-state index in [0.717, 1.165) is 22.3 Å². The lowest BCUT2D eigenvalue weighted by molar-refractivity contribution is -0.123. The smallest absolute Gasteiger partial charge is 0.237 e. The monoisotopic (exact) mass is 579 g/mol. The summed E-state index contributed by atoms with van der Waals surface area (Å²) < 4.78 is 17.5. The van der Waals surface area contributed by atoms with Gasteiger partial charge in [-0.15, -0.1) is 11.8 Å². The standard InChI is InChI=1S/C29H33N5O6S/c1-11-5-13-6-15-16(7-30)34-17-8-32-29(37)14(31)9-41-28(20-19(17)27-26(39-10-40-27)12(2)23(20)35)22(34)21(33(15)3)18(13)24(36)25(11)38-4/h5,14-17,21-22,28,35-36H,6,8-10,31H2,1-4H3,(H,32,37)/t14?,15?,16-,17-,21?,22+,28+/m0/s1. The van der Waals surface area contributed by atoms with E-state index >= 15 is 0 Å². The fourth-order valence-corrected chi connectivity index (χ4v) is 9.28. The Labute approximate surface area is 242 Å². The van der Waals surface area contributed by atoms with Gasteiger partial charge < -0.3 is 35.5 Å². The highest BCUT2D eigenvalue weighted by atomic mass is 32.2. The molecule has 7 atom stereocenters. The second kappa shape index (κ2) is 9.32. The van der Waals surface area contributed by atoms with Crippen LogP contribution in [0.5, 0.6) is 28.7 Å². The van der Waals surface area contributed by atoms with Crippen molar-refractivity contribution in [1.82, 2.24) is 15.1 Å². The Morgan fingerprint density at radius 2 is 1.95 bits per heavy atom. The van der Waals surface area contributed by atoms with Gasteiger partial charge in [0.25, 0.3) is 0 Å². The zero-order valence-corrected chi connectivity index (χ0v) is 24.1. The van der Waals surface area contributed by atoms with Crippen molar-refractivity contribution < 1.29 is 29.2 Å². The molecule has 2 saturated heterocycles. The molecular formula is C29H33N5O6S. The van der Waals surface area contributed by atoms with Gasteiger partial charge in [0, 0.05) is 46.6 Å². The molecule has 4 bridgehead atoms. The second-order valence-electron chi connectivity index (χ2n) is 11.5. The number of benzene rings is 2. The molecule has 11 nitrogen and oxygen atoms in total. The molecule has 2 fully saturated rings. The molecule has 5 heterocycles. The molecular weight excluding hydrogens is 546 g/mol. The van der Waals surface area contributed by atoms with Gasteiger partial charge in [0.15, 0.2) is 23.0 Å². The molecule has 12 heteroatoms. The Hall–Kier alpha value is -3.37. The van der Waals surface area contributed by atoms with E-state index in [4.69, 9.17) is 19.9 Å². The van der Waals surface area contributed by atoms with Crippen molar-refractivity contribution in [1.29, 1.82) is 5.26 Å². The van der Waals surface area contributed by atoms with Gasteiger partial charge >= 0.3 is 0 Å². The van der Waals surface area contributed by atoms with Crippen LogP contribution < -0.4 is 25.3 Å². The third kappa shape index (κ3) is 3.46. The molecule has 5 aliphatic heterocycles. The van der Waals surface area contributed by atoms with Crippen LogP contribution in [0.2, 0.25) is 0 Å². The summed E-state index contributed by atoms with van der Waals surface area (Å²) in [6.07, 6.45) is 0.563. The lowest BCUT2D eigenvalue weighted by Crippen LogP contribution is -2.69. The number of ether oxygens (including phenoxy) is 3. The molecule has 0 spiro atoms. The SMILES string of the molecule is COc1c(C)cc2c(c1O)C1[C@@H]3[C@@H]4SCC(N)C(=O)NC[C@@H](c5c6c(c(C)c(O)c54)OCO6)N3[C@@H](C#N)C(C2)N1C. The third-order valence-corrected chi connectivity index (χ3v) is 11.0. The van der Waals surface area contributed by atoms with E-state index in [-0.39, 0.29) is 48.9 Å². The Bertz CT molecular complexity index is 1530. The summed E-state index contributed by atoms with van der Waals surface area (Å²) in [6.45, 7) is 3.91. The lowest BCUT2D eigenvalue weighted by atomic mass is 9.71. The normalized spacial score (nSPS) is 31.9. The fourth-order valence-electron chi connectivity index (χ4n) is 7.83. The number of hydrogen-bond acceptors (Lipinski definition) is 11. The highest BCUT2D eigenvalue weighted by molar-refractivity contribution is 7.99. The van der Waals surface area contributed by atoms with Crippen molar-refractivity contribution in [3.05, 3.63) is 39.4 Å². The van der Waals surface area contributed by atoms with E-state index in [1.807, 2.05) is 20.9 Å². The van der Waals surface area contributed by atoms with Crippen molar-refractivity contribution in [3.63, 3.8) is 0 Å². The number of thioether (sulfide) groups is 1. The van der Waals surface area contributed by atoms with Crippen LogP contribution >= 0.6 is 11.8 Å². The summed E-state index contributed by atoms with van der Waals surface area (Å²) in [4.78, 5) is 17.3. The minimum absolute atomic E-state index is 0.0211. The number of aromatic hydroxyl groups is 2. The maximum absolute atomic E-state index is 13.0. The maximum Gasteiger partial charge on any atom is 0.237 e. The molecule has 7 rings (SSSR count). The number of carbonyl (C=O) groups excluding carboxylic acids is 1. The number of phenolic OH excluding ortho intramolecular Hbond substituents is 2. The third-order valence-electron chi connectivity index (χ3n) is 9.59. The molecule has 5 aliphatic rings. The van der Waals surface area contributed by atoms with Crippen molar-refractivity contribution in [2.75, 3.05) is 33.2 Å². The van der Waals surface area contributed by atoms with Crippen LogP contribution in [0.15, 0.2) is 6.07 Å². The first-order valence-electron chi connectivity index (χ1n) is 13.8. The molecule has 5 N–H and O–H groups in total. The second-order valence-corrected chi connectivity index (χ2v) is 12.7. The zero-order valence-electron chi connectivity index (χ0n) is 23.3. The van der Waals surface area contributed by atoms with Gasteiger partial charge in [-0.2, -0.15) is 5.26 Å². The number of carbonyl (C=O) groups is 1. The quantitative estimate of drug-likeness (QED) is 0.392. The summed E-state index contributed by atoms with van der Waals surface area (Å²) in [6, 6.07) is 1.96. The van der Waals surface area contributed by atoms with Crippen LogP contribution in [0.25, 0.3) is 0 Å². The number of methoxy groups -OCH3 is 1. The van der Waals surface area contributed by atoms with Gasteiger partial charge in [0.2, 0.25) is 12.7 Å². The molecule has 2 aromatic carbocycles. The minimum Gasteiger partial charge on any atom is -0.507 e. The summed E-state index contributed by atoms with van der Waals surface area (Å²) in [5.74, 6) is 1.71. The van der Waals surface area contributed by atoms with E-state index < -0.39 is 23.4 Å². The topological polar surface area (TPSA) is 154 Å².